The summed E-state index contributed by atoms with van der Waals surface area (Å²) >= 11 is 1.56. The largest absolute Gasteiger partial charge is 0.341 e. The lowest BCUT2D eigenvalue weighted by atomic mass is 9.96. The predicted octanol–water partition coefficient (Wildman–Crippen LogP) is 6.41. The minimum Gasteiger partial charge on any atom is -0.341 e. The molecule has 3 heterocycles. The van der Waals surface area contributed by atoms with Gasteiger partial charge in [-0.25, -0.2) is 9.07 Å². The molecule has 8 heteroatoms. The van der Waals surface area contributed by atoms with Gasteiger partial charge >= 0.3 is 0 Å². The molecule has 1 fully saturated rings. The van der Waals surface area contributed by atoms with Crippen molar-refractivity contribution in [1.29, 1.82) is 0 Å². The Kier molecular flexibility index (Phi) is 7.67. The number of rotatable bonds is 5. The van der Waals surface area contributed by atoms with Crippen LogP contribution in [0.1, 0.15) is 41.7 Å². The molecule has 3 aromatic carbocycles. The molecular formula is C33H33FN4O2S. The number of piperidine rings is 1. The summed E-state index contributed by atoms with van der Waals surface area (Å²) in [4.78, 5) is 31.1. The van der Waals surface area contributed by atoms with Gasteiger partial charge in [0.05, 0.1) is 22.4 Å². The molecule has 0 radical (unpaired) electrons. The number of carbonyl (C=O) groups excluding carboxylic acids is 2. The summed E-state index contributed by atoms with van der Waals surface area (Å²) in [6, 6.07) is 24.2. The van der Waals surface area contributed by atoms with Crippen LogP contribution in [0.4, 0.5) is 10.2 Å². The van der Waals surface area contributed by atoms with Gasteiger partial charge in [-0.2, -0.15) is 5.10 Å². The van der Waals surface area contributed by atoms with Crippen molar-refractivity contribution in [3.8, 4) is 16.9 Å². The average Bonchev–Trinajstić information content (AvgIpc) is 3.31. The first-order chi connectivity index (χ1) is 19.9. The molecular weight excluding hydrogens is 535 g/mol. The molecule has 4 aromatic rings. The summed E-state index contributed by atoms with van der Waals surface area (Å²) in [5.41, 5.74) is 5.37. The summed E-state index contributed by atoms with van der Waals surface area (Å²) in [6.07, 6.45) is 1.92. The molecule has 0 aliphatic carbocycles. The molecule has 210 valence electrons. The maximum atomic E-state index is 14.0. The molecule has 2 amide bonds. The molecule has 0 N–H and O–H groups in total. The first-order valence-electron chi connectivity index (χ1n) is 14.1. The van der Waals surface area contributed by atoms with Crippen LogP contribution in [0, 0.1) is 18.7 Å². The second-order valence-electron chi connectivity index (χ2n) is 10.9. The third-order valence-electron chi connectivity index (χ3n) is 8.11. The van der Waals surface area contributed by atoms with Crippen molar-refractivity contribution < 1.29 is 14.0 Å². The number of amides is 2. The number of anilines is 1. The Balaban J connectivity index is 1.57. The van der Waals surface area contributed by atoms with E-state index in [1.54, 1.807) is 33.5 Å². The van der Waals surface area contributed by atoms with E-state index in [4.69, 9.17) is 5.10 Å². The lowest BCUT2D eigenvalue weighted by Gasteiger charge is -2.32. The standard InChI is InChI=1S/C33H33FN4O2S/c1-22-16-18-36(19-17-22)28(39)20-37-29(40)21-41-32(27-11-7-6-8-23(27)2)30-31(24-9-4-3-5-10-24)35-38(33(30)37)26-14-12-25(34)13-15-26/h3-15,22,32H,16-21H2,1-2H3/t32-/m1/s1. The Morgan fingerprint density at radius 1 is 0.976 bits per heavy atom. The van der Waals surface area contributed by atoms with Crippen molar-refractivity contribution >= 4 is 29.4 Å². The van der Waals surface area contributed by atoms with Gasteiger partial charge in [-0.3, -0.25) is 14.5 Å². The van der Waals surface area contributed by atoms with E-state index in [0.29, 0.717) is 30.5 Å². The number of benzene rings is 3. The zero-order valence-corrected chi connectivity index (χ0v) is 24.1. The Bertz CT molecular complexity index is 1560. The van der Waals surface area contributed by atoms with Crippen LogP contribution < -0.4 is 4.90 Å². The van der Waals surface area contributed by atoms with E-state index in [9.17, 15) is 14.0 Å². The number of likely N-dealkylation sites (tertiary alicyclic amines) is 1. The van der Waals surface area contributed by atoms with Crippen molar-refractivity contribution in [2.75, 3.05) is 30.3 Å². The van der Waals surface area contributed by atoms with E-state index < -0.39 is 0 Å². The Morgan fingerprint density at radius 2 is 1.66 bits per heavy atom. The van der Waals surface area contributed by atoms with Crippen LogP contribution in [0.2, 0.25) is 0 Å². The molecule has 1 aromatic heterocycles. The first-order valence-corrected chi connectivity index (χ1v) is 15.1. The summed E-state index contributed by atoms with van der Waals surface area (Å²) in [5.74, 6) is 0.807. The molecule has 0 saturated carbocycles. The van der Waals surface area contributed by atoms with Gasteiger partial charge in [-0.15, -0.1) is 11.8 Å². The monoisotopic (exact) mass is 568 g/mol. The van der Waals surface area contributed by atoms with Crippen molar-refractivity contribution in [1.82, 2.24) is 14.7 Å². The number of carbonyl (C=O) groups is 2. The lowest BCUT2D eigenvalue weighted by Crippen LogP contribution is -2.46. The number of aromatic nitrogens is 2. The number of hydrogen-bond acceptors (Lipinski definition) is 4. The molecule has 0 bridgehead atoms. The quantitative estimate of drug-likeness (QED) is 0.279. The van der Waals surface area contributed by atoms with Gasteiger partial charge in [0.1, 0.15) is 18.2 Å². The fourth-order valence-corrected chi connectivity index (χ4v) is 7.00. The molecule has 2 aliphatic heterocycles. The smallest absolute Gasteiger partial charge is 0.242 e. The van der Waals surface area contributed by atoms with Crippen LogP contribution >= 0.6 is 11.8 Å². The van der Waals surface area contributed by atoms with Gasteiger partial charge in [0.15, 0.2) is 0 Å². The summed E-state index contributed by atoms with van der Waals surface area (Å²) < 4.78 is 15.7. The summed E-state index contributed by atoms with van der Waals surface area (Å²) in [6.45, 7) is 5.61. The van der Waals surface area contributed by atoms with Crippen molar-refractivity contribution in [3.63, 3.8) is 0 Å². The fourth-order valence-electron chi connectivity index (χ4n) is 5.71. The van der Waals surface area contributed by atoms with Gasteiger partial charge < -0.3 is 4.90 Å². The highest BCUT2D eigenvalue weighted by Gasteiger charge is 2.38. The number of aryl methyl sites for hydroxylation is 1. The predicted molar refractivity (Wildman–Crippen MR) is 162 cm³/mol. The second-order valence-corrected chi connectivity index (χ2v) is 12.0. The SMILES string of the molecule is Cc1ccccc1[C@H]1SCC(=O)N(CC(=O)N2CCC(C)CC2)c2c1c(-c1ccccc1)nn2-c1ccc(F)cc1. The average molecular weight is 569 g/mol. The lowest BCUT2D eigenvalue weighted by molar-refractivity contribution is -0.132. The van der Waals surface area contributed by atoms with E-state index in [2.05, 4.69) is 26.0 Å². The van der Waals surface area contributed by atoms with Gasteiger partial charge in [0.25, 0.3) is 0 Å². The highest BCUT2D eigenvalue weighted by atomic mass is 32.2. The normalized spacial score (nSPS) is 17.8. The summed E-state index contributed by atoms with van der Waals surface area (Å²) in [5, 5.41) is 4.89. The van der Waals surface area contributed by atoms with Gasteiger partial charge in [-0.05, 0) is 61.1 Å². The zero-order chi connectivity index (χ0) is 28.5. The van der Waals surface area contributed by atoms with E-state index in [1.807, 2.05) is 47.4 Å². The maximum Gasteiger partial charge on any atom is 0.242 e. The van der Waals surface area contributed by atoms with Crippen LogP contribution in [-0.2, 0) is 9.59 Å². The van der Waals surface area contributed by atoms with E-state index in [0.717, 1.165) is 40.8 Å². The van der Waals surface area contributed by atoms with Crippen LogP contribution in [0.25, 0.3) is 16.9 Å². The van der Waals surface area contributed by atoms with E-state index in [1.165, 1.54) is 12.1 Å². The minimum atomic E-state index is -0.356. The van der Waals surface area contributed by atoms with Crippen LogP contribution in [0.5, 0.6) is 0 Å². The van der Waals surface area contributed by atoms with Crippen molar-refractivity contribution in [2.45, 2.75) is 31.9 Å². The topological polar surface area (TPSA) is 58.4 Å². The molecule has 41 heavy (non-hydrogen) atoms. The molecule has 1 saturated heterocycles. The number of nitrogens with zero attached hydrogens (tertiary/aromatic N) is 4. The van der Waals surface area contributed by atoms with Gasteiger partial charge in [0, 0.05) is 24.2 Å². The van der Waals surface area contributed by atoms with E-state index >= 15 is 0 Å². The molecule has 0 unspecified atom stereocenters. The third-order valence-corrected chi connectivity index (χ3v) is 9.34. The number of thioether (sulfide) groups is 1. The first kappa shape index (κ1) is 27.3. The summed E-state index contributed by atoms with van der Waals surface area (Å²) in [7, 11) is 0. The van der Waals surface area contributed by atoms with E-state index in [-0.39, 0.29) is 35.2 Å². The minimum absolute atomic E-state index is 0.0661. The Hall–Kier alpha value is -3.91. The van der Waals surface area contributed by atoms with Gasteiger partial charge in [0.2, 0.25) is 11.8 Å². The fraction of sp³-hybridized carbons (Fsp3) is 0.303. The Labute approximate surface area is 244 Å². The van der Waals surface area contributed by atoms with Crippen LogP contribution in [0.3, 0.4) is 0 Å². The molecule has 6 rings (SSSR count). The highest BCUT2D eigenvalue weighted by Crippen LogP contribution is 2.49. The number of hydrogen-bond donors (Lipinski definition) is 0. The third kappa shape index (κ3) is 5.40. The highest BCUT2D eigenvalue weighted by molar-refractivity contribution is 8.00. The molecule has 1 atom stereocenters. The van der Waals surface area contributed by atoms with Crippen molar-refractivity contribution in [3.05, 3.63) is 101 Å². The van der Waals surface area contributed by atoms with Crippen LogP contribution in [0.15, 0.2) is 78.9 Å². The zero-order valence-electron chi connectivity index (χ0n) is 23.3. The number of halogens is 1. The Morgan fingerprint density at radius 3 is 2.37 bits per heavy atom. The van der Waals surface area contributed by atoms with Crippen LogP contribution in [-0.4, -0.2) is 51.9 Å². The van der Waals surface area contributed by atoms with Gasteiger partial charge in [-0.1, -0.05) is 61.5 Å². The molecule has 2 aliphatic rings. The molecule has 0 spiro atoms. The van der Waals surface area contributed by atoms with Crippen molar-refractivity contribution in [2.24, 2.45) is 5.92 Å². The molecule has 6 nitrogen and oxygen atoms in total. The maximum absolute atomic E-state index is 14.0. The second kappa shape index (κ2) is 11.5. The number of fused-ring (bicyclic) bond motifs is 1.